The Morgan fingerprint density at radius 1 is 1.31 bits per heavy atom. The molecule has 1 aromatic heterocycles. The van der Waals surface area contributed by atoms with Crippen LogP contribution in [0, 0.1) is 0 Å². The molecule has 2 heteroatoms. The van der Waals surface area contributed by atoms with E-state index in [1.54, 1.807) is 0 Å². The first kappa shape index (κ1) is 11.4. The Bertz CT molecular complexity index is 492. The zero-order valence-electron chi connectivity index (χ0n) is 9.79. The van der Waals surface area contributed by atoms with E-state index in [1.807, 2.05) is 11.3 Å². The number of allylic oxidation sites excluding steroid dienone is 1. The van der Waals surface area contributed by atoms with Gasteiger partial charge in [0.05, 0.1) is 0 Å². The van der Waals surface area contributed by atoms with Crippen molar-refractivity contribution in [3.63, 3.8) is 0 Å². The molecule has 0 spiro atoms. The lowest BCUT2D eigenvalue weighted by Gasteiger charge is -2.01. The molecule has 84 valence electrons. The predicted molar refractivity (Wildman–Crippen MR) is 73.0 cm³/mol. The zero-order valence-corrected chi connectivity index (χ0v) is 10.6. The highest BCUT2D eigenvalue weighted by atomic mass is 32.1. The summed E-state index contributed by atoms with van der Waals surface area (Å²) in [6, 6.07) is 8.58. The van der Waals surface area contributed by atoms with Crippen LogP contribution in [0.1, 0.15) is 19.4 Å². The minimum atomic E-state index is 0.951. The van der Waals surface area contributed by atoms with Crippen LogP contribution in [0.3, 0.4) is 0 Å². The molecule has 0 fully saturated rings. The minimum absolute atomic E-state index is 0.951. The van der Waals surface area contributed by atoms with Gasteiger partial charge in [0.2, 0.25) is 0 Å². The van der Waals surface area contributed by atoms with Crippen LogP contribution in [0.15, 0.2) is 41.3 Å². The van der Waals surface area contributed by atoms with Crippen molar-refractivity contribution in [3.05, 3.63) is 46.9 Å². The Kier molecular flexibility index (Phi) is 3.75. The average Bonchev–Trinajstić information content (AvgIpc) is 2.68. The second-order valence-corrected chi connectivity index (χ2v) is 5.08. The van der Waals surface area contributed by atoms with Crippen molar-refractivity contribution in [2.45, 2.75) is 20.4 Å². The summed E-state index contributed by atoms with van der Waals surface area (Å²) < 4.78 is 1.38. The minimum Gasteiger partial charge on any atom is -0.309 e. The van der Waals surface area contributed by atoms with E-state index in [0.29, 0.717) is 0 Å². The first-order valence-electron chi connectivity index (χ1n) is 5.56. The van der Waals surface area contributed by atoms with Crippen molar-refractivity contribution in [2.75, 3.05) is 6.54 Å². The molecule has 0 unspecified atom stereocenters. The standard InChI is InChI=1S/C14H17NS/c1-11(2)7-8-15-9-12-10-16-14-6-4-3-5-13(12)14/h3-7,10,15H,8-9H2,1-2H3. The van der Waals surface area contributed by atoms with Gasteiger partial charge in [-0.3, -0.25) is 0 Å². The highest BCUT2D eigenvalue weighted by Gasteiger charge is 2.01. The first-order chi connectivity index (χ1) is 7.77. The average molecular weight is 231 g/mol. The summed E-state index contributed by atoms with van der Waals surface area (Å²) in [6.07, 6.45) is 2.22. The first-order valence-corrected chi connectivity index (χ1v) is 6.44. The molecule has 0 radical (unpaired) electrons. The van der Waals surface area contributed by atoms with Gasteiger partial charge in [-0.1, -0.05) is 29.8 Å². The molecule has 1 N–H and O–H groups in total. The summed E-state index contributed by atoms with van der Waals surface area (Å²) in [5.41, 5.74) is 2.77. The summed E-state index contributed by atoms with van der Waals surface area (Å²) >= 11 is 1.82. The largest absolute Gasteiger partial charge is 0.309 e. The number of benzene rings is 1. The van der Waals surface area contributed by atoms with Crippen LogP contribution in [0.25, 0.3) is 10.1 Å². The Morgan fingerprint density at radius 3 is 2.94 bits per heavy atom. The van der Waals surface area contributed by atoms with Crippen molar-refractivity contribution in [3.8, 4) is 0 Å². The molecule has 0 saturated heterocycles. The highest BCUT2D eigenvalue weighted by Crippen LogP contribution is 2.25. The number of thiophene rings is 1. The molecule has 1 aromatic carbocycles. The molecule has 2 rings (SSSR count). The van der Waals surface area contributed by atoms with Gasteiger partial charge in [0.15, 0.2) is 0 Å². The normalized spacial score (nSPS) is 10.6. The Hall–Kier alpha value is -1.12. The monoisotopic (exact) mass is 231 g/mol. The zero-order chi connectivity index (χ0) is 11.4. The molecule has 1 nitrogen and oxygen atoms in total. The fourth-order valence-electron chi connectivity index (χ4n) is 1.65. The van der Waals surface area contributed by atoms with Crippen molar-refractivity contribution in [1.82, 2.24) is 5.32 Å². The number of fused-ring (bicyclic) bond motifs is 1. The van der Waals surface area contributed by atoms with Crippen LogP contribution in [0.2, 0.25) is 0 Å². The van der Waals surface area contributed by atoms with Gasteiger partial charge in [-0.15, -0.1) is 11.3 Å². The summed E-state index contributed by atoms with van der Waals surface area (Å²) in [6.45, 7) is 6.16. The third-order valence-corrected chi connectivity index (χ3v) is 3.54. The summed E-state index contributed by atoms with van der Waals surface area (Å²) in [4.78, 5) is 0. The lowest BCUT2D eigenvalue weighted by atomic mass is 10.2. The molecular formula is C14H17NS. The van der Waals surface area contributed by atoms with Crippen LogP contribution in [0.5, 0.6) is 0 Å². The fourth-order valence-corrected chi connectivity index (χ4v) is 2.62. The molecule has 0 atom stereocenters. The van der Waals surface area contributed by atoms with Crippen LogP contribution < -0.4 is 5.32 Å². The molecule has 0 aliphatic heterocycles. The Labute approximate surface area is 101 Å². The van der Waals surface area contributed by atoms with Crippen molar-refractivity contribution >= 4 is 21.4 Å². The van der Waals surface area contributed by atoms with E-state index in [9.17, 15) is 0 Å². The van der Waals surface area contributed by atoms with Crippen LogP contribution in [-0.4, -0.2) is 6.54 Å². The number of hydrogen-bond acceptors (Lipinski definition) is 2. The Balaban J connectivity index is 2.02. The quantitative estimate of drug-likeness (QED) is 0.620. The number of nitrogens with one attached hydrogen (secondary N) is 1. The lowest BCUT2D eigenvalue weighted by molar-refractivity contribution is 0.763. The SMILES string of the molecule is CC(C)=CCNCc1csc2ccccc12. The van der Waals surface area contributed by atoms with Crippen LogP contribution in [-0.2, 0) is 6.54 Å². The van der Waals surface area contributed by atoms with E-state index in [2.05, 4.69) is 54.9 Å². The van der Waals surface area contributed by atoms with Gasteiger partial charge in [0.1, 0.15) is 0 Å². The smallest absolute Gasteiger partial charge is 0.0346 e. The predicted octanol–water partition coefficient (Wildman–Crippen LogP) is 3.96. The van der Waals surface area contributed by atoms with Crippen molar-refractivity contribution < 1.29 is 0 Å². The molecule has 0 saturated carbocycles. The molecule has 2 aromatic rings. The second-order valence-electron chi connectivity index (χ2n) is 4.17. The van der Waals surface area contributed by atoms with Gasteiger partial charge in [0, 0.05) is 17.8 Å². The third-order valence-electron chi connectivity index (χ3n) is 2.53. The third kappa shape index (κ3) is 2.71. The van der Waals surface area contributed by atoms with E-state index in [0.717, 1.165) is 13.1 Å². The molecule has 0 bridgehead atoms. The summed E-state index contributed by atoms with van der Waals surface area (Å²) in [7, 11) is 0. The molecule has 0 aliphatic carbocycles. The summed E-state index contributed by atoms with van der Waals surface area (Å²) in [5, 5.41) is 7.08. The van der Waals surface area contributed by atoms with Gasteiger partial charge >= 0.3 is 0 Å². The van der Waals surface area contributed by atoms with Gasteiger partial charge < -0.3 is 5.32 Å². The molecular weight excluding hydrogens is 214 g/mol. The van der Waals surface area contributed by atoms with Crippen molar-refractivity contribution in [1.29, 1.82) is 0 Å². The van der Waals surface area contributed by atoms with Gasteiger partial charge in [-0.2, -0.15) is 0 Å². The van der Waals surface area contributed by atoms with Gasteiger partial charge in [0.25, 0.3) is 0 Å². The maximum atomic E-state index is 3.44. The van der Waals surface area contributed by atoms with Crippen LogP contribution in [0.4, 0.5) is 0 Å². The van der Waals surface area contributed by atoms with E-state index in [1.165, 1.54) is 21.2 Å². The van der Waals surface area contributed by atoms with Gasteiger partial charge in [-0.05, 0) is 36.2 Å². The highest BCUT2D eigenvalue weighted by molar-refractivity contribution is 7.17. The lowest BCUT2D eigenvalue weighted by Crippen LogP contribution is -2.12. The van der Waals surface area contributed by atoms with E-state index >= 15 is 0 Å². The van der Waals surface area contributed by atoms with E-state index in [4.69, 9.17) is 0 Å². The van der Waals surface area contributed by atoms with Crippen LogP contribution >= 0.6 is 11.3 Å². The van der Waals surface area contributed by atoms with Gasteiger partial charge in [-0.25, -0.2) is 0 Å². The molecule has 0 amide bonds. The number of hydrogen-bond donors (Lipinski definition) is 1. The molecule has 16 heavy (non-hydrogen) atoms. The van der Waals surface area contributed by atoms with E-state index < -0.39 is 0 Å². The number of rotatable bonds is 4. The Morgan fingerprint density at radius 2 is 2.12 bits per heavy atom. The second kappa shape index (κ2) is 5.28. The fraction of sp³-hybridized carbons (Fsp3) is 0.286. The molecule has 1 heterocycles. The van der Waals surface area contributed by atoms with Crippen molar-refractivity contribution in [2.24, 2.45) is 0 Å². The van der Waals surface area contributed by atoms with E-state index in [-0.39, 0.29) is 0 Å². The summed E-state index contributed by atoms with van der Waals surface area (Å²) in [5.74, 6) is 0. The maximum absolute atomic E-state index is 3.44. The maximum Gasteiger partial charge on any atom is 0.0346 e. The molecule has 0 aliphatic rings. The topological polar surface area (TPSA) is 12.0 Å².